The van der Waals surface area contributed by atoms with Crippen LogP contribution in [-0.2, 0) is 4.74 Å². The van der Waals surface area contributed by atoms with Crippen molar-refractivity contribution in [3.05, 3.63) is 36.2 Å². The molecule has 0 aromatic carbocycles. The number of pyridine rings is 1. The number of imidazole rings is 1. The Morgan fingerprint density at radius 1 is 1.22 bits per heavy atom. The average Bonchev–Trinajstić information content (AvgIpc) is 3.15. The quantitative estimate of drug-likeness (QED) is 0.721. The van der Waals surface area contributed by atoms with Gasteiger partial charge >= 0.3 is 0 Å². The summed E-state index contributed by atoms with van der Waals surface area (Å²) in [6.45, 7) is 5.73. The third kappa shape index (κ3) is 2.51. The van der Waals surface area contributed by atoms with Crippen LogP contribution in [0.1, 0.15) is 24.6 Å². The Balaban J connectivity index is 1.68. The molecule has 0 bridgehead atoms. The molecule has 0 radical (unpaired) electrons. The molecular formula is C16H19N5O2. The zero-order chi connectivity index (χ0) is 16.0. The molecule has 0 spiro atoms. The second-order valence-corrected chi connectivity index (χ2v) is 6.12. The predicted octanol–water partition coefficient (Wildman–Crippen LogP) is 2.08. The van der Waals surface area contributed by atoms with Crippen LogP contribution in [0.25, 0.3) is 17.0 Å². The van der Waals surface area contributed by atoms with Crippen molar-refractivity contribution in [2.75, 3.05) is 20.1 Å². The monoisotopic (exact) mass is 313 g/mol. The molecule has 4 heterocycles. The molecule has 7 nitrogen and oxygen atoms in total. The van der Waals surface area contributed by atoms with Gasteiger partial charge in [-0.05, 0) is 33.0 Å². The van der Waals surface area contributed by atoms with Crippen LogP contribution in [0.4, 0.5) is 0 Å². The Morgan fingerprint density at radius 2 is 2.09 bits per heavy atom. The van der Waals surface area contributed by atoms with E-state index in [0.29, 0.717) is 11.8 Å². The standard InChI is InChI=1S/C16H19N5O2/c1-10-7-20(3)8-14(22-10)16-19-18-15(23-16)13-5-4-12-6-17-9-21(12)11(13)2/h4-6,9-10,14H,7-8H2,1-3H3/t10-,14-/m1/s1. The van der Waals surface area contributed by atoms with Gasteiger partial charge in [0.05, 0.1) is 29.7 Å². The van der Waals surface area contributed by atoms with Crippen molar-refractivity contribution in [1.82, 2.24) is 24.5 Å². The first kappa shape index (κ1) is 14.3. The van der Waals surface area contributed by atoms with Crippen LogP contribution in [0.15, 0.2) is 29.1 Å². The number of fused-ring (bicyclic) bond motifs is 1. The van der Waals surface area contributed by atoms with Gasteiger partial charge in [0.1, 0.15) is 6.10 Å². The summed E-state index contributed by atoms with van der Waals surface area (Å²) in [5.41, 5.74) is 2.97. The normalized spacial score (nSPS) is 22.7. The second-order valence-electron chi connectivity index (χ2n) is 6.12. The summed E-state index contributed by atoms with van der Waals surface area (Å²) in [7, 11) is 2.07. The number of aromatic nitrogens is 4. The molecule has 1 saturated heterocycles. The minimum absolute atomic E-state index is 0.151. The lowest BCUT2D eigenvalue weighted by molar-refractivity contribution is -0.0821. The first-order valence-corrected chi connectivity index (χ1v) is 7.71. The van der Waals surface area contributed by atoms with Gasteiger partial charge in [-0.1, -0.05) is 0 Å². The van der Waals surface area contributed by atoms with Crippen molar-refractivity contribution in [3.63, 3.8) is 0 Å². The van der Waals surface area contributed by atoms with Gasteiger partial charge in [-0.3, -0.25) is 0 Å². The first-order valence-electron chi connectivity index (χ1n) is 7.71. The molecular weight excluding hydrogens is 294 g/mol. The van der Waals surface area contributed by atoms with E-state index < -0.39 is 0 Å². The Bertz CT molecular complexity index is 830. The third-order valence-corrected chi connectivity index (χ3v) is 4.23. The molecule has 0 aliphatic carbocycles. The van der Waals surface area contributed by atoms with Gasteiger partial charge in [0.25, 0.3) is 0 Å². The highest BCUT2D eigenvalue weighted by Gasteiger charge is 2.29. The minimum atomic E-state index is -0.178. The number of ether oxygens (including phenoxy) is 1. The van der Waals surface area contributed by atoms with Crippen LogP contribution in [0, 0.1) is 6.92 Å². The summed E-state index contributed by atoms with van der Waals surface area (Å²) < 4.78 is 13.8. The Labute approximate surface area is 133 Å². The maximum Gasteiger partial charge on any atom is 0.249 e. The zero-order valence-corrected chi connectivity index (χ0v) is 13.4. The summed E-state index contributed by atoms with van der Waals surface area (Å²) in [5, 5.41) is 8.42. The fourth-order valence-electron chi connectivity index (χ4n) is 3.13. The van der Waals surface area contributed by atoms with E-state index in [9.17, 15) is 0 Å². The highest BCUT2D eigenvalue weighted by atomic mass is 16.5. The van der Waals surface area contributed by atoms with Crippen LogP contribution < -0.4 is 0 Å². The van der Waals surface area contributed by atoms with E-state index >= 15 is 0 Å². The summed E-state index contributed by atoms with van der Waals surface area (Å²) in [4.78, 5) is 6.38. The number of hydrogen-bond donors (Lipinski definition) is 0. The Hall–Kier alpha value is -2.25. The molecule has 1 aliphatic heterocycles. The van der Waals surface area contributed by atoms with Gasteiger partial charge in [-0.15, -0.1) is 10.2 Å². The molecule has 0 saturated carbocycles. The molecule has 120 valence electrons. The van der Waals surface area contributed by atoms with Crippen LogP contribution in [0.3, 0.4) is 0 Å². The average molecular weight is 313 g/mol. The van der Waals surface area contributed by atoms with Crippen molar-refractivity contribution in [2.24, 2.45) is 0 Å². The third-order valence-electron chi connectivity index (χ3n) is 4.23. The number of aryl methyl sites for hydroxylation is 1. The van der Waals surface area contributed by atoms with Gasteiger partial charge in [0.2, 0.25) is 11.8 Å². The lowest BCUT2D eigenvalue weighted by Crippen LogP contribution is -2.40. The Morgan fingerprint density at radius 3 is 2.91 bits per heavy atom. The zero-order valence-electron chi connectivity index (χ0n) is 13.4. The number of morpholine rings is 1. The van der Waals surface area contributed by atoms with Crippen LogP contribution >= 0.6 is 0 Å². The number of likely N-dealkylation sites (N-methyl/N-ethyl adjacent to an activating group) is 1. The predicted molar refractivity (Wildman–Crippen MR) is 84.0 cm³/mol. The molecule has 2 atom stereocenters. The lowest BCUT2D eigenvalue weighted by Gasteiger charge is -2.32. The summed E-state index contributed by atoms with van der Waals surface area (Å²) >= 11 is 0. The first-order chi connectivity index (χ1) is 11.1. The molecule has 0 amide bonds. The van der Waals surface area contributed by atoms with Crippen molar-refractivity contribution < 1.29 is 9.15 Å². The van der Waals surface area contributed by atoms with Crippen LogP contribution in [-0.4, -0.2) is 50.7 Å². The SMILES string of the molecule is Cc1c(-c2nnc([C@H]3CN(C)C[C@@H](C)O3)o2)ccc2cncn12. The molecule has 7 heteroatoms. The van der Waals surface area contributed by atoms with Crippen molar-refractivity contribution in [1.29, 1.82) is 0 Å². The second kappa shape index (κ2) is 5.43. The maximum absolute atomic E-state index is 5.93. The van der Waals surface area contributed by atoms with Gasteiger partial charge in [-0.2, -0.15) is 0 Å². The van der Waals surface area contributed by atoms with E-state index in [1.807, 2.05) is 29.7 Å². The fourth-order valence-corrected chi connectivity index (χ4v) is 3.13. The molecule has 3 aromatic heterocycles. The smallest absolute Gasteiger partial charge is 0.249 e. The van der Waals surface area contributed by atoms with Gasteiger partial charge in [-0.25, -0.2) is 4.98 Å². The molecule has 1 fully saturated rings. The topological polar surface area (TPSA) is 68.7 Å². The fraction of sp³-hybridized carbons (Fsp3) is 0.438. The number of nitrogens with zero attached hydrogens (tertiary/aromatic N) is 5. The van der Waals surface area contributed by atoms with Crippen molar-refractivity contribution >= 4 is 5.52 Å². The largest absolute Gasteiger partial charge is 0.418 e. The van der Waals surface area contributed by atoms with E-state index in [0.717, 1.165) is 29.9 Å². The maximum atomic E-state index is 5.93. The van der Waals surface area contributed by atoms with Crippen molar-refractivity contribution in [2.45, 2.75) is 26.1 Å². The molecule has 1 aliphatic rings. The van der Waals surface area contributed by atoms with E-state index in [-0.39, 0.29) is 12.2 Å². The summed E-state index contributed by atoms with van der Waals surface area (Å²) in [6, 6.07) is 3.98. The van der Waals surface area contributed by atoms with E-state index in [1.54, 1.807) is 6.33 Å². The molecule has 23 heavy (non-hydrogen) atoms. The highest BCUT2D eigenvalue weighted by Crippen LogP contribution is 2.28. The highest BCUT2D eigenvalue weighted by molar-refractivity contribution is 5.61. The van der Waals surface area contributed by atoms with E-state index in [2.05, 4.69) is 34.1 Å². The van der Waals surface area contributed by atoms with Crippen LogP contribution in [0.2, 0.25) is 0 Å². The lowest BCUT2D eigenvalue weighted by atomic mass is 10.2. The molecule has 4 rings (SSSR count). The minimum Gasteiger partial charge on any atom is -0.418 e. The Kier molecular flexibility index (Phi) is 3.39. The summed E-state index contributed by atoms with van der Waals surface area (Å²) in [6.07, 6.45) is 3.58. The molecule has 0 unspecified atom stereocenters. The number of rotatable bonds is 2. The van der Waals surface area contributed by atoms with Crippen molar-refractivity contribution in [3.8, 4) is 11.5 Å². The van der Waals surface area contributed by atoms with E-state index in [4.69, 9.17) is 9.15 Å². The van der Waals surface area contributed by atoms with E-state index in [1.165, 1.54) is 0 Å². The van der Waals surface area contributed by atoms with Crippen LogP contribution in [0.5, 0.6) is 0 Å². The van der Waals surface area contributed by atoms with Gasteiger partial charge in [0.15, 0.2) is 0 Å². The van der Waals surface area contributed by atoms with Gasteiger partial charge in [0, 0.05) is 18.8 Å². The van der Waals surface area contributed by atoms with Gasteiger partial charge < -0.3 is 18.5 Å². The number of hydrogen-bond acceptors (Lipinski definition) is 6. The molecule has 0 N–H and O–H groups in total. The summed E-state index contributed by atoms with van der Waals surface area (Å²) in [5.74, 6) is 1.04. The molecule has 3 aromatic rings.